The van der Waals surface area contributed by atoms with Crippen LogP contribution >= 0.6 is 15.9 Å². The molecule has 1 aromatic rings. The molecule has 0 saturated carbocycles. The van der Waals surface area contributed by atoms with Crippen molar-refractivity contribution in [3.63, 3.8) is 0 Å². The van der Waals surface area contributed by atoms with E-state index in [0.29, 0.717) is 18.2 Å². The molecule has 1 fully saturated rings. The summed E-state index contributed by atoms with van der Waals surface area (Å²) >= 11 is 3.48. The lowest BCUT2D eigenvalue weighted by molar-refractivity contribution is -0.00465. The SMILES string of the molecule is CCCC1CC(NC(C)Cc2ccc(Br)cc2)CCO1. The second kappa shape index (κ2) is 8.16. The predicted octanol–water partition coefficient (Wildman–Crippen LogP) is 4.32. The van der Waals surface area contributed by atoms with Gasteiger partial charge in [-0.25, -0.2) is 0 Å². The molecule has 1 aliphatic rings. The third-order valence-electron chi connectivity index (χ3n) is 3.95. The van der Waals surface area contributed by atoms with Gasteiger partial charge < -0.3 is 10.1 Å². The minimum absolute atomic E-state index is 0.464. The lowest BCUT2D eigenvalue weighted by Crippen LogP contribution is -2.43. The van der Waals surface area contributed by atoms with Crippen LogP contribution in [0, 0.1) is 0 Å². The number of rotatable bonds is 6. The molecule has 3 unspecified atom stereocenters. The number of nitrogens with one attached hydrogen (secondary N) is 1. The summed E-state index contributed by atoms with van der Waals surface area (Å²) in [6.07, 6.45) is 6.27. The standard InChI is InChI=1S/C17H26BrNO/c1-3-4-17-12-16(9-10-20-17)19-13(2)11-14-5-7-15(18)8-6-14/h5-8,13,16-17,19H,3-4,9-12H2,1-2H3. The third-order valence-corrected chi connectivity index (χ3v) is 4.48. The molecule has 1 aliphatic heterocycles. The first-order valence-electron chi connectivity index (χ1n) is 7.79. The van der Waals surface area contributed by atoms with Gasteiger partial charge in [-0.3, -0.25) is 0 Å². The highest BCUT2D eigenvalue weighted by Crippen LogP contribution is 2.19. The summed E-state index contributed by atoms with van der Waals surface area (Å²) in [4.78, 5) is 0. The van der Waals surface area contributed by atoms with E-state index in [1.807, 2.05) is 0 Å². The van der Waals surface area contributed by atoms with Gasteiger partial charge in [-0.1, -0.05) is 41.4 Å². The molecule has 0 bridgehead atoms. The van der Waals surface area contributed by atoms with Gasteiger partial charge in [0.1, 0.15) is 0 Å². The fourth-order valence-electron chi connectivity index (χ4n) is 2.99. The molecular weight excluding hydrogens is 314 g/mol. The van der Waals surface area contributed by atoms with E-state index in [0.717, 1.165) is 23.9 Å². The molecule has 3 atom stereocenters. The van der Waals surface area contributed by atoms with Gasteiger partial charge in [-0.05, 0) is 50.3 Å². The minimum atomic E-state index is 0.464. The average molecular weight is 340 g/mol. The number of benzene rings is 1. The zero-order valence-electron chi connectivity index (χ0n) is 12.6. The molecule has 2 rings (SSSR count). The lowest BCUT2D eigenvalue weighted by atomic mass is 9.98. The van der Waals surface area contributed by atoms with Crippen molar-refractivity contribution < 1.29 is 4.74 Å². The highest BCUT2D eigenvalue weighted by atomic mass is 79.9. The van der Waals surface area contributed by atoms with Crippen LogP contribution in [-0.4, -0.2) is 24.8 Å². The van der Waals surface area contributed by atoms with E-state index >= 15 is 0 Å². The zero-order valence-corrected chi connectivity index (χ0v) is 14.2. The summed E-state index contributed by atoms with van der Waals surface area (Å²) in [7, 11) is 0. The van der Waals surface area contributed by atoms with E-state index in [1.165, 1.54) is 24.8 Å². The van der Waals surface area contributed by atoms with Crippen molar-refractivity contribution in [2.75, 3.05) is 6.61 Å². The van der Waals surface area contributed by atoms with Crippen LogP contribution in [0.5, 0.6) is 0 Å². The van der Waals surface area contributed by atoms with Crippen molar-refractivity contribution in [1.29, 1.82) is 0 Å². The third kappa shape index (κ3) is 5.19. The molecule has 1 aromatic carbocycles. The Hall–Kier alpha value is -0.380. The van der Waals surface area contributed by atoms with E-state index in [1.54, 1.807) is 0 Å². The molecule has 1 N–H and O–H groups in total. The molecule has 0 spiro atoms. The Kier molecular flexibility index (Phi) is 6.53. The van der Waals surface area contributed by atoms with Crippen LogP contribution in [0.4, 0.5) is 0 Å². The van der Waals surface area contributed by atoms with Crippen LogP contribution in [0.3, 0.4) is 0 Å². The predicted molar refractivity (Wildman–Crippen MR) is 88.1 cm³/mol. The van der Waals surface area contributed by atoms with Crippen molar-refractivity contribution in [2.45, 2.75) is 64.1 Å². The normalized spacial score (nSPS) is 24.6. The minimum Gasteiger partial charge on any atom is -0.378 e. The molecule has 0 aliphatic carbocycles. The first-order valence-corrected chi connectivity index (χ1v) is 8.58. The quantitative estimate of drug-likeness (QED) is 0.833. The maximum atomic E-state index is 5.82. The Morgan fingerprint density at radius 3 is 2.80 bits per heavy atom. The second-order valence-corrected chi connectivity index (χ2v) is 6.82. The van der Waals surface area contributed by atoms with Crippen molar-refractivity contribution >= 4 is 15.9 Å². The van der Waals surface area contributed by atoms with Gasteiger partial charge in [0.05, 0.1) is 6.10 Å². The average Bonchev–Trinajstić information content (AvgIpc) is 2.42. The summed E-state index contributed by atoms with van der Waals surface area (Å²) in [6.45, 7) is 5.43. The van der Waals surface area contributed by atoms with Crippen LogP contribution < -0.4 is 5.32 Å². The van der Waals surface area contributed by atoms with Crippen molar-refractivity contribution in [3.05, 3.63) is 34.3 Å². The number of ether oxygens (including phenoxy) is 1. The number of halogens is 1. The maximum Gasteiger partial charge on any atom is 0.0589 e. The molecule has 0 amide bonds. The van der Waals surface area contributed by atoms with E-state index in [4.69, 9.17) is 4.74 Å². The van der Waals surface area contributed by atoms with Crippen LogP contribution in [0.1, 0.15) is 45.1 Å². The molecule has 1 saturated heterocycles. The fraction of sp³-hybridized carbons (Fsp3) is 0.647. The molecule has 112 valence electrons. The smallest absolute Gasteiger partial charge is 0.0589 e. The van der Waals surface area contributed by atoms with Crippen LogP contribution in [0.15, 0.2) is 28.7 Å². The van der Waals surface area contributed by atoms with Crippen LogP contribution in [0.2, 0.25) is 0 Å². The molecule has 2 nitrogen and oxygen atoms in total. The molecule has 3 heteroatoms. The summed E-state index contributed by atoms with van der Waals surface area (Å²) in [5.41, 5.74) is 1.39. The first kappa shape index (κ1) is 16.0. The Morgan fingerprint density at radius 2 is 2.10 bits per heavy atom. The summed E-state index contributed by atoms with van der Waals surface area (Å²) in [6, 6.07) is 9.77. The second-order valence-electron chi connectivity index (χ2n) is 5.90. The Bertz CT molecular complexity index is 390. The van der Waals surface area contributed by atoms with Gasteiger partial charge in [0.25, 0.3) is 0 Å². The largest absolute Gasteiger partial charge is 0.378 e. The molecule has 0 aromatic heterocycles. The van der Waals surface area contributed by atoms with Crippen molar-refractivity contribution in [2.24, 2.45) is 0 Å². The molecule has 0 radical (unpaired) electrons. The van der Waals surface area contributed by atoms with Gasteiger partial charge in [-0.15, -0.1) is 0 Å². The number of hydrogen-bond donors (Lipinski definition) is 1. The highest BCUT2D eigenvalue weighted by molar-refractivity contribution is 9.10. The highest BCUT2D eigenvalue weighted by Gasteiger charge is 2.22. The summed E-state index contributed by atoms with van der Waals surface area (Å²) in [5.74, 6) is 0. The summed E-state index contributed by atoms with van der Waals surface area (Å²) < 4.78 is 6.96. The topological polar surface area (TPSA) is 21.3 Å². The van der Waals surface area contributed by atoms with Gasteiger partial charge in [0, 0.05) is 23.2 Å². The monoisotopic (exact) mass is 339 g/mol. The maximum absolute atomic E-state index is 5.82. The molecular formula is C17H26BrNO. The zero-order chi connectivity index (χ0) is 14.4. The Balaban J connectivity index is 1.78. The first-order chi connectivity index (χ1) is 9.67. The Labute approximate surface area is 131 Å². The van der Waals surface area contributed by atoms with E-state index in [9.17, 15) is 0 Å². The summed E-state index contributed by atoms with van der Waals surface area (Å²) in [5, 5.41) is 3.78. The fourth-order valence-corrected chi connectivity index (χ4v) is 3.25. The number of hydrogen-bond acceptors (Lipinski definition) is 2. The van der Waals surface area contributed by atoms with Gasteiger partial charge in [0.2, 0.25) is 0 Å². The van der Waals surface area contributed by atoms with Crippen LogP contribution in [0.25, 0.3) is 0 Å². The van der Waals surface area contributed by atoms with Crippen molar-refractivity contribution in [1.82, 2.24) is 5.32 Å². The van der Waals surface area contributed by atoms with E-state index in [-0.39, 0.29) is 0 Å². The molecule has 1 heterocycles. The van der Waals surface area contributed by atoms with Gasteiger partial charge in [0.15, 0.2) is 0 Å². The lowest BCUT2D eigenvalue weighted by Gasteiger charge is -2.32. The van der Waals surface area contributed by atoms with Gasteiger partial charge in [-0.2, -0.15) is 0 Å². The Morgan fingerprint density at radius 1 is 1.35 bits per heavy atom. The van der Waals surface area contributed by atoms with E-state index < -0.39 is 0 Å². The van der Waals surface area contributed by atoms with Gasteiger partial charge >= 0.3 is 0 Å². The van der Waals surface area contributed by atoms with Crippen LogP contribution in [-0.2, 0) is 11.2 Å². The van der Waals surface area contributed by atoms with Crippen molar-refractivity contribution in [3.8, 4) is 0 Å². The van der Waals surface area contributed by atoms with E-state index in [2.05, 4.69) is 59.4 Å². The molecule has 20 heavy (non-hydrogen) atoms.